The number of halogens is 4. The second kappa shape index (κ2) is 16.1. The minimum atomic E-state index is -1.14. The van der Waals surface area contributed by atoms with Crippen molar-refractivity contribution >= 4 is 110 Å². The number of aliphatic imine (C=N–C) groups is 1. The summed E-state index contributed by atoms with van der Waals surface area (Å²) < 4.78 is 5.35. The van der Waals surface area contributed by atoms with E-state index in [1.807, 2.05) is 19.1 Å². The van der Waals surface area contributed by atoms with Crippen molar-refractivity contribution in [2.75, 3.05) is 15.5 Å². The molecule has 9 nitrogen and oxygen atoms in total. The number of thioether (sulfide) groups is 1. The number of nitrogens with one attached hydrogen (secondary N) is 2. The van der Waals surface area contributed by atoms with E-state index in [9.17, 15) is 19.2 Å². The quantitative estimate of drug-likeness (QED) is 0.130. The van der Waals surface area contributed by atoms with E-state index in [0.29, 0.717) is 27.1 Å². The second-order valence-electron chi connectivity index (χ2n) is 11.0. The van der Waals surface area contributed by atoms with Gasteiger partial charge < -0.3 is 15.4 Å². The molecular formula is C36H28Cl4N4O5S. The van der Waals surface area contributed by atoms with Crippen molar-refractivity contribution in [3.05, 3.63) is 127 Å². The van der Waals surface area contributed by atoms with Gasteiger partial charge >= 0.3 is 5.97 Å². The van der Waals surface area contributed by atoms with Gasteiger partial charge in [-0.3, -0.25) is 19.3 Å². The monoisotopic (exact) mass is 768 g/mol. The number of amidine groups is 1. The number of ether oxygens (including phenoxy) is 1. The lowest BCUT2D eigenvalue weighted by Gasteiger charge is -2.20. The van der Waals surface area contributed by atoms with E-state index in [-0.39, 0.29) is 37.9 Å². The molecule has 256 valence electrons. The highest BCUT2D eigenvalue weighted by Gasteiger charge is 2.34. The number of anilines is 3. The molecule has 4 aromatic rings. The van der Waals surface area contributed by atoms with Crippen LogP contribution in [0.1, 0.15) is 35.3 Å². The summed E-state index contributed by atoms with van der Waals surface area (Å²) in [5.74, 6) is -2.08. The summed E-state index contributed by atoms with van der Waals surface area (Å²) in [6, 6.07) is 23.3. The highest BCUT2D eigenvalue weighted by atomic mass is 35.5. The van der Waals surface area contributed by atoms with Crippen molar-refractivity contribution in [3.63, 3.8) is 0 Å². The number of carbonyl (C=O) groups is 4. The molecule has 2 atom stereocenters. The molecule has 3 amide bonds. The zero-order valence-corrected chi connectivity index (χ0v) is 30.5. The smallest absolute Gasteiger partial charge is 0.338 e. The van der Waals surface area contributed by atoms with Crippen molar-refractivity contribution in [3.8, 4) is 0 Å². The van der Waals surface area contributed by atoms with Crippen molar-refractivity contribution < 1.29 is 23.9 Å². The number of amides is 3. The second-order valence-corrected chi connectivity index (χ2v) is 13.9. The number of esters is 1. The number of aryl methyl sites for hydroxylation is 1. The molecule has 0 aliphatic carbocycles. The molecule has 1 heterocycles. The summed E-state index contributed by atoms with van der Waals surface area (Å²) in [7, 11) is 0. The fraction of sp³-hybridized carbons (Fsp3) is 0.139. The number of rotatable bonds is 9. The minimum Gasteiger partial charge on any atom is -0.449 e. The Morgan fingerprint density at radius 2 is 1.36 bits per heavy atom. The molecule has 1 aliphatic heterocycles. The molecule has 0 aromatic heterocycles. The van der Waals surface area contributed by atoms with Crippen LogP contribution in [-0.4, -0.2) is 40.2 Å². The van der Waals surface area contributed by atoms with Gasteiger partial charge in [-0.2, -0.15) is 0 Å². The van der Waals surface area contributed by atoms with Crippen LogP contribution in [0.25, 0.3) is 6.08 Å². The van der Waals surface area contributed by atoms with Gasteiger partial charge in [-0.15, -0.1) is 0 Å². The van der Waals surface area contributed by atoms with E-state index in [4.69, 9.17) is 51.1 Å². The molecule has 2 N–H and O–H groups in total. The van der Waals surface area contributed by atoms with Crippen LogP contribution in [-0.2, 0) is 19.1 Å². The van der Waals surface area contributed by atoms with Gasteiger partial charge in [0.2, 0.25) is 5.91 Å². The lowest BCUT2D eigenvalue weighted by atomic mass is 10.1. The van der Waals surface area contributed by atoms with Crippen molar-refractivity contribution in [2.24, 2.45) is 4.99 Å². The van der Waals surface area contributed by atoms with Gasteiger partial charge in [0.15, 0.2) is 11.3 Å². The molecule has 0 radical (unpaired) electrons. The molecule has 14 heteroatoms. The Bertz CT molecular complexity index is 2040. The molecule has 0 saturated carbocycles. The van der Waals surface area contributed by atoms with Crippen LogP contribution in [0.2, 0.25) is 20.1 Å². The van der Waals surface area contributed by atoms with E-state index >= 15 is 0 Å². The first-order chi connectivity index (χ1) is 23.8. The Morgan fingerprint density at radius 3 is 1.94 bits per heavy atom. The first-order valence-corrected chi connectivity index (χ1v) is 17.4. The standard InChI is InChI=1S/C36H28Cl4N4O5S/c1-19-10-16-24(17-11-19)44-34(47)29(43-36(44)50-21(3)33(46)42-28-9-5-7-26(38)31(28)40)18-22-12-14-23(15-13-22)35(48)49-20(2)32(45)41-27-8-4-6-25(37)30(27)39/h4-18,20-21H,1-3H3,(H,41,45)(H,42,46)/b29-18+/t20-,21+/m1/s1. The lowest BCUT2D eigenvalue weighted by molar-refractivity contribution is -0.123. The van der Waals surface area contributed by atoms with Crippen LogP contribution < -0.4 is 15.5 Å². The third kappa shape index (κ3) is 8.69. The summed E-state index contributed by atoms with van der Waals surface area (Å²) >= 11 is 25.6. The summed E-state index contributed by atoms with van der Waals surface area (Å²) in [5, 5.41) is 5.95. The number of nitrogens with zero attached hydrogens (tertiary/aromatic N) is 2. The van der Waals surface area contributed by atoms with Gasteiger partial charge in [0.05, 0.1) is 48.0 Å². The number of carbonyl (C=O) groups excluding carboxylic acids is 4. The number of hydrogen-bond donors (Lipinski definition) is 2. The van der Waals surface area contributed by atoms with Gasteiger partial charge in [-0.1, -0.05) is 100 Å². The molecule has 5 rings (SSSR count). The van der Waals surface area contributed by atoms with E-state index in [2.05, 4.69) is 15.6 Å². The van der Waals surface area contributed by atoms with Gasteiger partial charge in [0, 0.05) is 0 Å². The molecule has 0 bridgehead atoms. The topological polar surface area (TPSA) is 117 Å². The maximum Gasteiger partial charge on any atom is 0.338 e. The van der Waals surface area contributed by atoms with Crippen molar-refractivity contribution in [1.82, 2.24) is 0 Å². The van der Waals surface area contributed by atoms with Gasteiger partial charge in [-0.25, -0.2) is 9.79 Å². The fourth-order valence-electron chi connectivity index (χ4n) is 4.53. The van der Waals surface area contributed by atoms with E-state index in [1.165, 1.54) is 24.0 Å². The van der Waals surface area contributed by atoms with Crippen LogP contribution in [0.3, 0.4) is 0 Å². The average molecular weight is 771 g/mol. The SMILES string of the molecule is Cc1ccc(N2C(=O)/C(=C\c3ccc(C(=O)O[C@H](C)C(=O)Nc4cccc(Cl)c4Cl)cc3)N=C2S[C@@H](C)C(=O)Nc2cccc(Cl)c2Cl)cc1. The fourth-order valence-corrected chi connectivity index (χ4v) is 6.16. The predicted octanol–water partition coefficient (Wildman–Crippen LogP) is 9.30. The maximum absolute atomic E-state index is 13.7. The number of benzene rings is 4. The van der Waals surface area contributed by atoms with Crippen molar-refractivity contribution in [2.45, 2.75) is 32.1 Å². The van der Waals surface area contributed by atoms with E-state index in [0.717, 1.165) is 17.3 Å². The van der Waals surface area contributed by atoms with Crippen LogP contribution in [0.5, 0.6) is 0 Å². The van der Waals surface area contributed by atoms with Gasteiger partial charge in [0.1, 0.15) is 5.70 Å². The highest BCUT2D eigenvalue weighted by molar-refractivity contribution is 8.15. The van der Waals surface area contributed by atoms with Crippen molar-refractivity contribution in [1.29, 1.82) is 0 Å². The minimum absolute atomic E-state index is 0.124. The molecular weight excluding hydrogens is 742 g/mol. The maximum atomic E-state index is 13.7. The summed E-state index contributed by atoms with van der Waals surface area (Å²) in [6.07, 6.45) is 0.438. The molecule has 0 unspecified atom stereocenters. The average Bonchev–Trinajstić information content (AvgIpc) is 3.39. The Labute approximate surface area is 312 Å². The molecule has 0 saturated heterocycles. The first kappa shape index (κ1) is 36.9. The lowest BCUT2D eigenvalue weighted by Crippen LogP contribution is -2.33. The zero-order valence-electron chi connectivity index (χ0n) is 26.7. The summed E-state index contributed by atoms with van der Waals surface area (Å²) in [6.45, 7) is 5.06. The Hall–Kier alpha value is -4.32. The Morgan fingerprint density at radius 1 is 0.800 bits per heavy atom. The molecule has 4 aromatic carbocycles. The third-order valence-corrected chi connectivity index (χ3v) is 9.99. The third-order valence-electron chi connectivity index (χ3n) is 7.29. The zero-order chi connectivity index (χ0) is 36.1. The summed E-state index contributed by atoms with van der Waals surface area (Å²) in [4.78, 5) is 58.4. The van der Waals surface area contributed by atoms with Crippen LogP contribution in [0.15, 0.2) is 95.6 Å². The normalized spacial score (nSPS) is 14.6. The largest absolute Gasteiger partial charge is 0.449 e. The predicted molar refractivity (Wildman–Crippen MR) is 203 cm³/mol. The van der Waals surface area contributed by atoms with Crippen LogP contribution in [0.4, 0.5) is 17.1 Å². The molecule has 1 aliphatic rings. The van der Waals surface area contributed by atoms with Gasteiger partial charge in [-0.05, 0) is 80.9 Å². The molecule has 0 fully saturated rings. The van der Waals surface area contributed by atoms with Crippen LogP contribution >= 0.6 is 58.2 Å². The summed E-state index contributed by atoms with van der Waals surface area (Å²) in [5.41, 5.74) is 3.12. The molecule has 50 heavy (non-hydrogen) atoms. The van der Waals surface area contributed by atoms with E-state index in [1.54, 1.807) is 73.7 Å². The Balaban J connectivity index is 1.30. The van der Waals surface area contributed by atoms with Gasteiger partial charge in [0.25, 0.3) is 11.8 Å². The van der Waals surface area contributed by atoms with Crippen LogP contribution in [0, 0.1) is 6.92 Å². The highest BCUT2D eigenvalue weighted by Crippen LogP contribution is 2.34. The van der Waals surface area contributed by atoms with E-state index < -0.39 is 29.1 Å². The number of hydrogen-bond acceptors (Lipinski definition) is 7. The Kier molecular flexibility index (Phi) is 11.9. The molecule has 0 spiro atoms. The first-order valence-electron chi connectivity index (χ1n) is 15.0.